The molecule has 3 atom stereocenters. The van der Waals surface area contributed by atoms with E-state index in [9.17, 15) is 0 Å². The van der Waals surface area contributed by atoms with Gasteiger partial charge in [-0.15, -0.1) is 0 Å². The van der Waals surface area contributed by atoms with Crippen molar-refractivity contribution >= 4 is 0 Å². The highest BCUT2D eigenvalue weighted by molar-refractivity contribution is 4.75. The van der Waals surface area contributed by atoms with Crippen molar-refractivity contribution in [3.8, 4) is 0 Å². The first kappa shape index (κ1) is 16.0. The highest BCUT2D eigenvalue weighted by atomic mass is 14.9. The Bertz CT molecular complexity index is 190. The molecular weight excluding hydrogens is 218 g/mol. The summed E-state index contributed by atoms with van der Waals surface area (Å²) in [5.74, 6) is 1.97. The smallest absolute Gasteiger partial charge is 0.00670 e. The maximum absolute atomic E-state index is 3.64. The third-order valence-corrected chi connectivity index (χ3v) is 4.62. The Morgan fingerprint density at radius 3 is 2.61 bits per heavy atom. The first-order chi connectivity index (χ1) is 8.76. The van der Waals surface area contributed by atoms with Crippen LogP contribution in [0.2, 0.25) is 0 Å². The fourth-order valence-electron chi connectivity index (χ4n) is 3.54. The lowest BCUT2D eigenvalue weighted by atomic mass is 9.87. The number of nitrogens with one attached hydrogen (secondary N) is 1. The second kappa shape index (κ2) is 9.83. The van der Waals surface area contributed by atoms with Crippen LogP contribution in [0, 0.1) is 11.8 Å². The monoisotopic (exact) mass is 253 g/mol. The molecule has 0 heterocycles. The van der Waals surface area contributed by atoms with E-state index < -0.39 is 0 Å². The quantitative estimate of drug-likeness (QED) is 0.466. The Kier molecular flexibility index (Phi) is 8.75. The lowest BCUT2D eigenvalue weighted by Crippen LogP contribution is -2.28. The minimum atomic E-state index is 0.815. The molecule has 18 heavy (non-hydrogen) atoms. The Labute approximate surface area is 115 Å². The van der Waals surface area contributed by atoms with Gasteiger partial charge in [0, 0.05) is 6.04 Å². The highest BCUT2D eigenvalue weighted by Gasteiger charge is 2.19. The summed E-state index contributed by atoms with van der Waals surface area (Å²) in [6, 6.07) is 0.815. The second-order valence-corrected chi connectivity index (χ2v) is 6.47. The minimum Gasteiger partial charge on any atom is -0.314 e. The van der Waals surface area contributed by atoms with E-state index in [4.69, 9.17) is 0 Å². The molecule has 1 aliphatic rings. The van der Waals surface area contributed by atoms with Crippen molar-refractivity contribution in [1.82, 2.24) is 5.32 Å². The van der Waals surface area contributed by atoms with Gasteiger partial charge >= 0.3 is 0 Å². The molecule has 0 bridgehead atoms. The van der Waals surface area contributed by atoms with Crippen LogP contribution in [0.4, 0.5) is 0 Å². The minimum absolute atomic E-state index is 0.815. The summed E-state index contributed by atoms with van der Waals surface area (Å²) < 4.78 is 0. The Balaban J connectivity index is 2.17. The van der Waals surface area contributed by atoms with Crippen molar-refractivity contribution in [3.05, 3.63) is 0 Å². The zero-order chi connectivity index (χ0) is 13.2. The van der Waals surface area contributed by atoms with Gasteiger partial charge in [0.1, 0.15) is 0 Å². The van der Waals surface area contributed by atoms with Gasteiger partial charge in [-0.3, -0.25) is 0 Å². The average Bonchev–Trinajstić information content (AvgIpc) is 2.56. The first-order valence-electron chi connectivity index (χ1n) is 8.49. The van der Waals surface area contributed by atoms with Crippen molar-refractivity contribution in [1.29, 1.82) is 0 Å². The van der Waals surface area contributed by atoms with Gasteiger partial charge in [0.05, 0.1) is 0 Å². The number of rotatable bonds is 8. The summed E-state index contributed by atoms with van der Waals surface area (Å²) in [7, 11) is 0. The molecule has 1 N–H and O–H groups in total. The SMILES string of the molecule is CCCCCC(C)CC1CCCC(NCC)CC1. The Morgan fingerprint density at radius 1 is 1.06 bits per heavy atom. The van der Waals surface area contributed by atoms with E-state index in [2.05, 4.69) is 26.1 Å². The van der Waals surface area contributed by atoms with E-state index in [-0.39, 0.29) is 0 Å². The number of hydrogen-bond acceptors (Lipinski definition) is 1. The maximum Gasteiger partial charge on any atom is 0.00670 e. The molecule has 0 saturated heterocycles. The van der Waals surface area contributed by atoms with Gasteiger partial charge in [0.2, 0.25) is 0 Å². The number of hydrogen-bond donors (Lipinski definition) is 1. The largest absolute Gasteiger partial charge is 0.314 e. The Morgan fingerprint density at radius 2 is 1.89 bits per heavy atom. The van der Waals surface area contributed by atoms with E-state index in [1.54, 1.807) is 0 Å². The molecule has 0 aromatic heterocycles. The van der Waals surface area contributed by atoms with Crippen LogP contribution in [-0.2, 0) is 0 Å². The summed E-state index contributed by atoms with van der Waals surface area (Å²) in [4.78, 5) is 0. The van der Waals surface area contributed by atoms with E-state index >= 15 is 0 Å². The fourth-order valence-corrected chi connectivity index (χ4v) is 3.54. The molecule has 1 aliphatic carbocycles. The van der Waals surface area contributed by atoms with Crippen LogP contribution in [-0.4, -0.2) is 12.6 Å². The van der Waals surface area contributed by atoms with E-state index in [1.165, 1.54) is 64.2 Å². The molecule has 1 rings (SSSR count). The molecule has 108 valence electrons. The van der Waals surface area contributed by atoms with Gasteiger partial charge in [0.25, 0.3) is 0 Å². The molecular formula is C17H35N. The summed E-state index contributed by atoms with van der Waals surface area (Å²) >= 11 is 0. The van der Waals surface area contributed by atoms with Crippen molar-refractivity contribution < 1.29 is 0 Å². The molecule has 0 amide bonds. The van der Waals surface area contributed by atoms with Crippen molar-refractivity contribution in [2.45, 2.75) is 91.0 Å². The summed E-state index contributed by atoms with van der Waals surface area (Å²) in [6.07, 6.45) is 14.4. The van der Waals surface area contributed by atoms with Crippen LogP contribution >= 0.6 is 0 Å². The molecule has 0 aromatic carbocycles. The fraction of sp³-hybridized carbons (Fsp3) is 1.00. The lowest BCUT2D eigenvalue weighted by molar-refractivity contribution is 0.332. The Hall–Kier alpha value is -0.0400. The third-order valence-electron chi connectivity index (χ3n) is 4.62. The summed E-state index contributed by atoms with van der Waals surface area (Å²) in [5, 5.41) is 3.64. The third kappa shape index (κ3) is 6.78. The molecule has 1 fully saturated rings. The van der Waals surface area contributed by atoms with Crippen LogP contribution in [0.25, 0.3) is 0 Å². The van der Waals surface area contributed by atoms with E-state index in [0.717, 1.165) is 24.4 Å². The zero-order valence-corrected chi connectivity index (χ0v) is 13.0. The van der Waals surface area contributed by atoms with Crippen molar-refractivity contribution in [2.75, 3.05) is 6.54 Å². The molecule has 3 unspecified atom stereocenters. The maximum atomic E-state index is 3.64. The molecule has 0 aromatic rings. The topological polar surface area (TPSA) is 12.0 Å². The molecule has 1 heteroatoms. The van der Waals surface area contributed by atoms with Gasteiger partial charge in [0.15, 0.2) is 0 Å². The first-order valence-corrected chi connectivity index (χ1v) is 8.49. The van der Waals surface area contributed by atoms with Crippen LogP contribution in [0.3, 0.4) is 0 Å². The average molecular weight is 253 g/mol. The normalized spacial score (nSPS) is 26.8. The van der Waals surface area contributed by atoms with Gasteiger partial charge in [-0.05, 0) is 44.1 Å². The van der Waals surface area contributed by atoms with Gasteiger partial charge < -0.3 is 5.32 Å². The van der Waals surface area contributed by atoms with E-state index in [1.807, 2.05) is 0 Å². The van der Waals surface area contributed by atoms with Gasteiger partial charge in [-0.25, -0.2) is 0 Å². The summed E-state index contributed by atoms with van der Waals surface area (Å²) in [5.41, 5.74) is 0. The molecule has 1 nitrogen and oxygen atoms in total. The van der Waals surface area contributed by atoms with Gasteiger partial charge in [-0.1, -0.05) is 59.3 Å². The zero-order valence-electron chi connectivity index (χ0n) is 13.0. The van der Waals surface area contributed by atoms with Crippen LogP contribution in [0.5, 0.6) is 0 Å². The molecule has 0 aliphatic heterocycles. The van der Waals surface area contributed by atoms with Gasteiger partial charge in [-0.2, -0.15) is 0 Å². The lowest BCUT2D eigenvalue weighted by Gasteiger charge is -2.19. The van der Waals surface area contributed by atoms with Crippen molar-refractivity contribution in [3.63, 3.8) is 0 Å². The van der Waals surface area contributed by atoms with Crippen molar-refractivity contribution in [2.24, 2.45) is 11.8 Å². The molecule has 0 spiro atoms. The molecule has 1 saturated carbocycles. The summed E-state index contributed by atoms with van der Waals surface area (Å²) in [6.45, 7) is 8.15. The predicted octanol–water partition coefficient (Wildman–Crippen LogP) is 5.15. The predicted molar refractivity (Wildman–Crippen MR) is 82.0 cm³/mol. The van der Waals surface area contributed by atoms with Crippen LogP contribution in [0.1, 0.15) is 85.0 Å². The molecule has 0 radical (unpaired) electrons. The van der Waals surface area contributed by atoms with Crippen LogP contribution in [0.15, 0.2) is 0 Å². The number of unbranched alkanes of at least 4 members (excludes halogenated alkanes) is 2. The second-order valence-electron chi connectivity index (χ2n) is 6.47. The van der Waals surface area contributed by atoms with E-state index in [0.29, 0.717) is 0 Å². The standard InChI is InChI=1S/C17H35N/c1-4-6-7-9-15(3)14-16-10-8-11-17(13-12-16)18-5-2/h15-18H,4-14H2,1-3H3. The van der Waals surface area contributed by atoms with Crippen LogP contribution < -0.4 is 5.32 Å². The highest BCUT2D eigenvalue weighted by Crippen LogP contribution is 2.30.